The van der Waals surface area contributed by atoms with Gasteiger partial charge in [-0.1, -0.05) is 6.08 Å². The molecule has 0 aromatic carbocycles. The summed E-state index contributed by atoms with van der Waals surface area (Å²) in [6.07, 6.45) is 7.39. The highest BCUT2D eigenvalue weighted by atomic mass is 35.5. The van der Waals surface area contributed by atoms with Gasteiger partial charge in [0, 0.05) is 13.1 Å². The van der Waals surface area contributed by atoms with Gasteiger partial charge in [-0.15, -0.1) is 12.4 Å². The second kappa shape index (κ2) is 2.61. The lowest BCUT2D eigenvalue weighted by atomic mass is 9.94. The highest BCUT2D eigenvalue weighted by Gasteiger charge is 2.18. The largest absolute Gasteiger partial charge is 0.378 e. The zero-order chi connectivity index (χ0) is 5.40. The van der Waals surface area contributed by atoms with Gasteiger partial charge in [-0.3, -0.25) is 0 Å². The molecule has 0 aromatic heterocycles. The first-order chi connectivity index (χ1) is 3.95. The highest BCUT2D eigenvalue weighted by molar-refractivity contribution is 5.85. The lowest BCUT2D eigenvalue weighted by Gasteiger charge is -2.34. The average molecular weight is 146 g/mol. The second-order valence-corrected chi connectivity index (χ2v) is 2.71. The Hall–Kier alpha value is -0.170. The van der Waals surface area contributed by atoms with Crippen molar-refractivity contribution < 1.29 is 0 Å². The van der Waals surface area contributed by atoms with E-state index in [9.17, 15) is 0 Å². The molecule has 1 fully saturated rings. The standard InChI is InChI=1S/C7H11N.ClH/c1-4-8-5-2-7(1)3-6-8;/h1,4,7H,2-3,5-6H2;1H. The molecule has 3 aliphatic rings. The average Bonchev–Trinajstić information content (AvgIpc) is 1.92. The van der Waals surface area contributed by atoms with Gasteiger partial charge < -0.3 is 4.90 Å². The van der Waals surface area contributed by atoms with E-state index < -0.39 is 0 Å². The summed E-state index contributed by atoms with van der Waals surface area (Å²) in [6.45, 7) is 2.61. The first-order valence-electron chi connectivity index (χ1n) is 3.37. The number of hydrogen-bond donors (Lipinski definition) is 0. The normalized spacial score (nSPS) is 24.2. The molecule has 0 N–H and O–H groups in total. The molecule has 2 heteroatoms. The Morgan fingerprint density at radius 2 is 1.89 bits per heavy atom. The van der Waals surface area contributed by atoms with Crippen LogP contribution in [0.5, 0.6) is 0 Å². The van der Waals surface area contributed by atoms with Crippen LogP contribution in [0, 0.1) is 5.92 Å². The van der Waals surface area contributed by atoms with Gasteiger partial charge in [-0.2, -0.15) is 0 Å². The topological polar surface area (TPSA) is 3.24 Å². The van der Waals surface area contributed by atoms with Crippen LogP contribution >= 0.6 is 12.4 Å². The van der Waals surface area contributed by atoms with Crippen LogP contribution in [0.4, 0.5) is 0 Å². The third-order valence-corrected chi connectivity index (χ3v) is 2.14. The fourth-order valence-electron chi connectivity index (χ4n) is 1.50. The monoisotopic (exact) mass is 145 g/mol. The summed E-state index contributed by atoms with van der Waals surface area (Å²) < 4.78 is 0. The third-order valence-electron chi connectivity index (χ3n) is 2.14. The van der Waals surface area contributed by atoms with Crippen LogP contribution in [-0.2, 0) is 0 Å². The lowest BCUT2D eigenvalue weighted by molar-refractivity contribution is 0.243. The Bertz CT molecular complexity index is 100. The summed E-state index contributed by atoms with van der Waals surface area (Å²) in [5, 5.41) is 0. The minimum Gasteiger partial charge on any atom is -0.378 e. The molecule has 0 radical (unpaired) electrons. The van der Waals surface area contributed by atoms with E-state index in [2.05, 4.69) is 17.2 Å². The number of allylic oxidation sites excluding steroid dienone is 1. The minimum absolute atomic E-state index is 0. The van der Waals surface area contributed by atoms with E-state index in [0.717, 1.165) is 5.92 Å². The van der Waals surface area contributed by atoms with Gasteiger partial charge >= 0.3 is 0 Å². The molecule has 0 aromatic rings. The molecular formula is C7H12ClN. The number of halogens is 1. The van der Waals surface area contributed by atoms with Crippen molar-refractivity contribution in [3.63, 3.8) is 0 Å². The molecule has 3 heterocycles. The van der Waals surface area contributed by atoms with Gasteiger partial charge in [0.1, 0.15) is 0 Å². The van der Waals surface area contributed by atoms with Gasteiger partial charge in [0.25, 0.3) is 0 Å². The van der Waals surface area contributed by atoms with Crippen molar-refractivity contribution in [2.75, 3.05) is 13.1 Å². The molecule has 9 heavy (non-hydrogen) atoms. The second-order valence-electron chi connectivity index (χ2n) is 2.71. The zero-order valence-electron chi connectivity index (χ0n) is 5.42. The predicted octanol–water partition coefficient (Wildman–Crippen LogP) is 1.65. The Labute approximate surface area is 62.1 Å². The smallest absolute Gasteiger partial charge is 0.0178 e. The lowest BCUT2D eigenvalue weighted by Crippen LogP contribution is -2.32. The minimum atomic E-state index is 0. The maximum Gasteiger partial charge on any atom is 0.0178 e. The van der Waals surface area contributed by atoms with E-state index in [4.69, 9.17) is 0 Å². The number of rotatable bonds is 0. The van der Waals surface area contributed by atoms with Gasteiger partial charge in [0.2, 0.25) is 0 Å². The fourth-order valence-corrected chi connectivity index (χ4v) is 1.50. The van der Waals surface area contributed by atoms with E-state index in [-0.39, 0.29) is 12.4 Å². The SMILES string of the molecule is C1=CN2CCC1CC2.Cl. The molecule has 0 unspecified atom stereocenters. The van der Waals surface area contributed by atoms with Crippen LogP contribution in [0.1, 0.15) is 12.8 Å². The van der Waals surface area contributed by atoms with Crippen molar-refractivity contribution in [2.24, 2.45) is 5.92 Å². The van der Waals surface area contributed by atoms with E-state index in [0.29, 0.717) is 0 Å². The van der Waals surface area contributed by atoms with Crippen LogP contribution in [0.2, 0.25) is 0 Å². The quantitative estimate of drug-likeness (QED) is 0.501. The van der Waals surface area contributed by atoms with E-state index >= 15 is 0 Å². The van der Waals surface area contributed by atoms with Crippen molar-refractivity contribution >= 4 is 12.4 Å². The molecule has 0 saturated carbocycles. The van der Waals surface area contributed by atoms with Crippen molar-refractivity contribution in [3.05, 3.63) is 12.3 Å². The highest BCUT2D eigenvalue weighted by Crippen LogP contribution is 2.23. The number of hydrogen-bond acceptors (Lipinski definition) is 1. The van der Waals surface area contributed by atoms with Crippen molar-refractivity contribution in [2.45, 2.75) is 12.8 Å². The van der Waals surface area contributed by atoms with Crippen LogP contribution in [0.15, 0.2) is 12.3 Å². The molecule has 52 valence electrons. The molecule has 0 atom stereocenters. The molecule has 3 aliphatic heterocycles. The summed E-state index contributed by atoms with van der Waals surface area (Å²) in [5.41, 5.74) is 0. The van der Waals surface area contributed by atoms with E-state index in [1.807, 2.05) is 0 Å². The summed E-state index contributed by atoms with van der Waals surface area (Å²) in [5.74, 6) is 0.931. The number of piperidine rings is 1. The van der Waals surface area contributed by atoms with E-state index in [1.165, 1.54) is 25.9 Å². The maximum absolute atomic E-state index is 2.40. The summed E-state index contributed by atoms with van der Waals surface area (Å²) in [4.78, 5) is 2.40. The van der Waals surface area contributed by atoms with Gasteiger partial charge in [-0.25, -0.2) is 0 Å². The van der Waals surface area contributed by atoms with Crippen molar-refractivity contribution in [1.29, 1.82) is 0 Å². The van der Waals surface area contributed by atoms with Crippen LogP contribution < -0.4 is 0 Å². The molecular weight excluding hydrogens is 134 g/mol. The maximum atomic E-state index is 2.40. The number of nitrogens with zero attached hydrogens (tertiary/aromatic N) is 1. The van der Waals surface area contributed by atoms with Gasteiger partial charge in [0.15, 0.2) is 0 Å². The molecule has 3 rings (SSSR count). The molecule has 1 nitrogen and oxygen atoms in total. The van der Waals surface area contributed by atoms with Crippen molar-refractivity contribution in [1.82, 2.24) is 4.90 Å². The Morgan fingerprint density at radius 3 is 2.00 bits per heavy atom. The molecule has 0 aliphatic carbocycles. The Morgan fingerprint density at radius 1 is 1.22 bits per heavy atom. The predicted molar refractivity (Wildman–Crippen MR) is 40.7 cm³/mol. The molecule has 0 amide bonds. The van der Waals surface area contributed by atoms with Gasteiger partial charge in [-0.05, 0) is 25.0 Å². The fraction of sp³-hybridized carbons (Fsp3) is 0.714. The zero-order valence-corrected chi connectivity index (χ0v) is 6.23. The molecule has 0 spiro atoms. The third kappa shape index (κ3) is 1.21. The van der Waals surface area contributed by atoms with E-state index in [1.54, 1.807) is 0 Å². The summed E-state index contributed by atoms with van der Waals surface area (Å²) in [7, 11) is 0. The Kier molecular flexibility index (Phi) is 2.01. The first kappa shape index (κ1) is 6.94. The number of fused-ring (bicyclic) bond motifs is 2. The van der Waals surface area contributed by atoms with Gasteiger partial charge in [0.05, 0.1) is 0 Å². The Balaban J connectivity index is 0.000000405. The summed E-state index contributed by atoms with van der Waals surface area (Å²) >= 11 is 0. The molecule has 1 saturated heterocycles. The van der Waals surface area contributed by atoms with Crippen molar-refractivity contribution in [3.8, 4) is 0 Å². The van der Waals surface area contributed by atoms with Crippen LogP contribution in [0.25, 0.3) is 0 Å². The summed E-state index contributed by atoms with van der Waals surface area (Å²) in [6, 6.07) is 0. The van der Waals surface area contributed by atoms with Crippen LogP contribution in [-0.4, -0.2) is 18.0 Å². The van der Waals surface area contributed by atoms with Crippen LogP contribution in [0.3, 0.4) is 0 Å². The molecule has 2 bridgehead atoms. The first-order valence-corrected chi connectivity index (χ1v) is 3.37.